The lowest BCUT2D eigenvalue weighted by atomic mass is 10.0. The fourth-order valence-electron chi connectivity index (χ4n) is 2.56. The Morgan fingerprint density at radius 3 is 2.65 bits per heavy atom. The van der Waals surface area contributed by atoms with Crippen LogP contribution < -0.4 is 5.32 Å². The summed E-state index contributed by atoms with van der Waals surface area (Å²) in [6, 6.07) is 12.0. The van der Waals surface area contributed by atoms with Crippen LogP contribution in [0.5, 0.6) is 0 Å². The highest BCUT2D eigenvalue weighted by atomic mass is 32.2. The Bertz CT molecular complexity index is 699. The molecule has 1 saturated heterocycles. The lowest BCUT2D eigenvalue weighted by Gasteiger charge is -2.22. The lowest BCUT2D eigenvalue weighted by Crippen LogP contribution is -2.27. The Morgan fingerprint density at radius 1 is 1.10 bits per heavy atom. The molecule has 0 atom stereocenters. The summed E-state index contributed by atoms with van der Waals surface area (Å²) in [4.78, 5) is 4.56. The number of aromatic nitrogens is 1. The maximum Gasteiger partial charge on any atom is 0.150 e. The summed E-state index contributed by atoms with van der Waals surface area (Å²) in [7, 11) is -2.77. The highest BCUT2D eigenvalue weighted by Crippen LogP contribution is 2.20. The molecule has 0 amide bonds. The van der Waals surface area contributed by atoms with Gasteiger partial charge in [-0.3, -0.25) is 0 Å². The third-order valence-electron chi connectivity index (χ3n) is 3.84. The smallest absolute Gasteiger partial charge is 0.150 e. The number of para-hydroxylation sites is 1. The van der Waals surface area contributed by atoms with Gasteiger partial charge in [0.15, 0.2) is 0 Å². The minimum absolute atomic E-state index is 0.324. The van der Waals surface area contributed by atoms with E-state index in [1.807, 2.05) is 30.3 Å². The van der Waals surface area contributed by atoms with Gasteiger partial charge >= 0.3 is 0 Å². The molecule has 0 radical (unpaired) electrons. The first-order valence-corrected chi connectivity index (χ1v) is 8.75. The molecule has 4 nitrogen and oxygen atoms in total. The molecule has 0 saturated carbocycles. The van der Waals surface area contributed by atoms with Gasteiger partial charge in [-0.15, -0.1) is 0 Å². The molecule has 0 aliphatic carbocycles. The van der Waals surface area contributed by atoms with E-state index >= 15 is 0 Å². The number of benzene rings is 1. The predicted molar refractivity (Wildman–Crippen MR) is 81.6 cm³/mol. The Balaban J connectivity index is 1.63. The van der Waals surface area contributed by atoms with Crippen LogP contribution in [0.3, 0.4) is 0 Å². The monoisotopic (exact) mass is 290 g/mol. The highest BCUT2D eigenvalue weighted by Gasteiger charge is 2.23. The summed E-state index contributed by atoms with van der Waals surface area (Å²) >= 11 is 0. The van der Waals surface area contributed by atoms with Gasteiger partial charge in [0.05, 0.1) is 17.0 Å². The molecule has 2 heterocycles. The van der Waals surface area contributed by atoms with E-state index in [4.69, 9.17) is 0 Å². The quantitative estimate of drug-likeness (QED) is 0.943. The third-order valence-corrected chi connectivity index (χ3v) is 5.56. The van der Waals surface area contributed by atoms with E-state index in [2.05, 4.69) is 16.4 Å². The Kier molecular flexibility index (Phi) is 3.61. The molecule has 1 aromatic carbocycles. The van der Waals surface area contributed by atoms with Crippen molar-refractivity contribution in [2.24, 2.45) is 5.92 Å². The summed E-state index contributed by atoms with van der Waals surface area (Å²) in [5.41, 5.74) is 0.976. The number of pyridine rings is 1. The molecule has 1 aliphatic heterocycles. The van der Waals surface area contributed by atoms with Crippen molar-refractivity contribution in [1.82, 2.24) is 4.98 Å². The van der Waals surface area contributed by atoms with Crippen molar-refractivity contribution in [2.45, 2.75) is 12.8 Å². The van der Waals surface area contributed by atoms with Gasteiger partial charge in [0, 0.05) is 11.9 Å². The maximum absolute atomic E-state index is 11.4. The molecule has 3 rings (SSSR count). The molecule has 0 unspecified atom stereocenters. The van der Waals surface area contributed by atoms with Crippen molar-refractivity contribution in [3.05, 3.63) is 36.4 Å². The number of fused-ring (bicyclic) bond motifs is 1. The number of nitrogens with one attached hydrogen (secondary N) is 1. The van der Waals surface area contributed by atoms with Crippen LogP contribution in [-0.2, 0) is 9.84 Å². The average Bonchev–Trinajstić information content (AvgIpc) is 2.46. The van der Waals surface area contributed by atoms with Crippen LogP contribution in [0.25, 0.3) is 10.9 Å². The number of nitrogens with zero attached hydrogens (tertiary/aromatic N) is 1. The van der Waals surface area contributed by atoms with Crippen molar-refractivity contribution in [3.63, 3.8) is 0 Å². The molecule has 106 valence electrons. The molecular weight excluding hydrogens is 272 g/mol. The second kappa shape index (κ2) is 5.40. The zero-order chi connectivity index (χ0) is 14.0. The van der Waals surface area contributed by atoms with Crippen LogP contribution in [0.4, 0.5) is 5.82 Å². The summed E-state index contributed by atoms with van der Waals surface area (Å²) in [5, 5.41) is 4.45. The molecule has 0 spiro atoms. The topological polar surface area (TPSA) is 59.1 Å². The van der Waals surface area contributed by atoms with E-state index in [1.54, 1.807) is 0 Å². The van der Waals surface area contributed by atoms with E-state index in [9.17, 15) is 8.42 Å². The first kappa shape index (κ1) is 13.4. The SMILES string of the molecule is O=S1(=O)CCC(CNc2ccc3ccccc3n2)CC1. The van der Waals surface area contributed by atoms with Crippen LogP contribution in [-0.4, -0.2) is 31.5 Å². The fourth-order valence-corrected chi connectivity index (χ4v) is 4.15. The minimum Gasteiger partial charge on any atom is -0.370 e. The van der Waals surface area contributed by atoms with Crippen LogP contribution in [0.1, 0.15) is 12.8 Å². The van der Waals surface area contributed by atoms with Gasteiger partial charge in [-0.1, -0.05) is 18.2 Å². The van der Waals surface area contributed by atoms with Gasteiger partial charge in [0.1, 0.15) is 15.7 Å². The molecule has 20 heavy (non-hydrogen) atoms. The summed E-state index contributed by atoms with van der Waals surface area (Å²) in [6.45, 7) is 0.793. The standard InChI is InChI=1S/C15H18N2O2S/c18-20(19)9-7-12(8-10-20)11-16-15-6-5-13-3-1-2-4-14(13)17-15/h1-6,12H,7-11H2,(H,16,17). The van der Waals surface area contributed by atoms with Crippen molar-refractivity contribution >= 4 is 26.6 Å². The number of anilines is 1. The number of hydrogen-bond donors (Lipinski definition) is 1. The van der Waals surface area contributed by atoms with Crippen LogP contribution in [0.15, 0.2) is 36.4 Å². The molecule has 2 aromatic rings. The Morgan fingerprint density at radius 2 is 1.85 bits per heavy atom. The van der Waals surface area contributed by atoms with Crippen molar-refractivity contribution in [1.29, 1.82) is 0 Å². The second-order valence-electron chi connectivity index (χ2n) is 5.37. The zero-order valence-electron chi connectivity index (χ0n) is 11.2. The van der Waals surface area contributed by atoms with Crippen molar-refractivity contribution in [2.75, 3.05) is 23.4 Å². The van der Waals surface area contributed by atoms with Crippen LogP contribution in [0, 0.1) is 5.92 Å². The molecule has 1 aliphatic rings. The second-order valence-corrected chi connectivity index (χ2v) is 7.67. The fraction of sp³-hybridized carbons (Fsp3) is 0.400. The van der Waals surface area contributed by atoms with Crippen molar-refractivity contribution < 1.29 is 8.42 Å². The van der Waals surface area contributed by atoms with Gasteiger partial charge in [-0.05, 0) is 37.0 Å². The highest BCUT2D eigenvalue weighted by molar-refractivity contribution is 7.91. The van der Waals surface area contributed by atoms with E-state index in [-0.39, 0.29) is 0 Å². The average molecular weight is 290 g/mol. The zero-order valence-corrected chi connectivity index (χ0v) is 12.1. The largest absolute Gasteiger partial charge is 0.370 e. The number of rotatable bonds is 3. The van der Waals surface area contributed by atoms with E-state index in [1.165, 1.54) is 0 Å². The van der Waals surface area contributed by atoms with E-state index < -0.39 is 9.84 Å². The van der Waals surface area contributed by atoms with Gasteiger partial charge in [0.2, 0.25) is 0 Å². The maximum atomic E-state index is 11.4. The van der Waals surface area contributed by atoms with Gasteiger partial charge < -0.3 is 5.32 Å². The van der Waals surface area contributed by atoms with Crippen LogP contribution >= 0.6 is 0 Å². The number of hydrogen-bond acceptors (Lipinski definition) is 4. The minimum atomic E-state index is -2.77. The molecule has 1 aromatic heterocycles. The molecular formula is C15H18N2O2S. The Labute approximate surface area is 119 Å². The predicted octanol–water partition coefficient (Wildman–Crippen LogP) is 2.47. The van der Waals surface area contributed by atoms with E-state index in [0.29, 0.717) is 17.4 Å². The Hall–Kier alpha value is -1.62. The summed E-state index contributed by atoms with van der Waals surface area (Å²) in [5.74, 6) is 1.93. The van der Waals surface area contributed by atoms with Gasteiger partial charge in [-0.25, -0.2) is 13.4 Å². The molecule has 1 N–H and O–H groups in total. The van der Waals surface area contributed by atoms with Crippen LogP contribution in [0.2, 0.25) is 0 Å². The molecule has 1 fully saturated rings. The lowest BCUT2D eigenvalue weighted by molar-refractivity contribution is 0.484. The normalized spacial score (nSPS) is 19.0. The summed E-state index contributed by atoms with van der Waals surface area (Å²) in [6.07, 6.45) is 1.51. The molecule has 5 heteroatoms. The molecule has 0 bridgehead atoms. The number of sulfone groups is 1. The summed E-state index contributed by atoms with van der Waals surface area (Å²) < 4.78 is 22.8. The third kappa shape index (κ3) is 3.10. The van der Waals surface area contributed by atoms with Gasteiger partial charge in [0.25, 0.3) is 0 Å². The first-order valence-electron chi connectivity index (χ1n) is 6.92. The van der Waals surface area contributed by atoms with Crippen molar-refractivity contribution in [3.8, 4) is 0 Å². The van der Waals surface area contributed by atoms with Gasteiger partial charge in [-0.2, -0.15) is 0 Å². The van der Waals surface area contributed by atoms with E-state index in [0.717, 1.165) is 36.1 Å². The first-order chi connectivity index (χ1) is 9.62.